The van der Waals surface area contributed by atoms with Crippen molar-refractivity contribution in [3.05, 3.63) is 107 Å². The molecule has 1 aromatic heterocycles. The molecule has 4 rings (SSSR count). The minimum absolute atomic E-state index is 0.113. The summed E-state index contributed by atoms with van der Waals surface area (Å²) in [5, 5.41) is 11.5. The number of hydrogen-bond donors (Lipinski definition) is 1. The highest BCUT2D eigenvalue weighted by Crippen LogP contribution is 2.38. The van der Waals surface area contributed by atoms with Gasteiger partial charge in [-0.05, 0) is 59.9 Å². The van der Waals surface area contributed by atoms with E-state index in [1.165, 1.54) is 82.2 Å². The number of alkyl halides is 3. The molecule has 1 heterocycles. The van der Waals surface area contributed by atoms with Crippen molar-refractivity contribution in [3.8, 4) is 5.88 Å². The van der Waals surface area contributed by atoms with Crippen LogP contribution in [0.3, 0.4) is 0 Å². The largest absolute Gasteiger partial charge is 0.480 e. The zero-order valence-corrected chi connectivity index (χ0v) is 27.9. The first kappa shape index (κ1) is 36.0. The van der Waals surface area contributed by atoms with Crippen LogP contribution >= 0.6 is 11.8 Å². The van der Waals surface area contributed by atoms with Gasteiger partial charge in [0.2, 0.25) is 5.88 Å². The molecule has 250 valence electrons. The maximum atomic E-state index is 13.5. The Hall–Kier alpha value is -3.82. The summed E-state index contributed by atoms with van der Waals surface area (Å²) in [6.07, 6.45) is 7.76. The summed E-state index contributed by atoms with van der Waals surface area (Å²) in [5.41, 5.74) is 2.28. The SMILES string of the molecule is CCCCCCCCCc1ccc(C=C[C@H](Sc2ccc3cc(C(=O)OC)c(OC)nc3c2)[C@@H](O)c2cccc(C(F)(F)F)c2)cc1. The summed E-state index contributed by atoms with van der Waals surface area (Å²) in [5.74, 6) is -0.461. The number of aromatic nitrogens is 1. The number of methoxy groups -OCH3 is 2. The van der Waals surface area contributed by atoms with Gasteiger partial charge in [-0.1, -0.05) is 100 Å². The zero-order chi connectivity index (χ0) is 33.8. The number of pyridine rings is 1. The van der Waals surface area contributed by atoms with E-state index in [4.69, 9.17) is 9.47 Å². The topological polar surface area (TPSA) is 68.7 Å². The van der Waals surface area contributed by atoms with E-state index in [0.717, 1.165) is 35.4 Å². The molecule has 0 saturated carbocycles. The lowest BCUT2D eigenvalue weighted by molar-refractivity contribution is -0.137. The number of rotatable bonds is 16. The highest BCUT2D eigenvalue weighted by Gasteiger charge is 2.31. The quantitative estimate of drug-likeness (QED) is 0.0730. The normalized spacial score (nSPS) is 13.2. The number of benzene rings is 3. The predicted molar refractivity (Wildman–Crippen MR) is 183 cm³/mol. The minimum atomic E-state index is -4.53. The van der Waals surface area contributed by atoms with Crippen LogP contribution in [0.4, 0.5) is 13.2 Å². The number of aryl methyl sites for hydroxylation is 1. The number of aliphatic hydroxyl groups excluding tert-OH is 1. The van der Waals surface area contributed by atoms with E-state index >= 15 is 0 Å². The molecule has 0 fully saturated rings. The van der Waals surface area contributed by atoms with Crippen LogP contribution in [-0.2, 0) is 17.3 Å². The van der Waals surface area contributed by atoms with Crippen molar-refractivity contribution in [2.24, 2.45) is 0 Å². The first-order chi connectivity index (χ1) is 22.6. The van der Waals surface area contributed by atoms with E-state index < -0.39 is 29.1 Å². The fourth-order valence-electron chi connectivity index (χ4n) is 5.36. The van der Waals surface area contributed by atoms with Gasteiger partial charge in [0.15, 0.2) is 0 Å². The molecule has 0 aliphatic carbocycles. The number of esters is 1. The van der Waals surface area contributed by atoms with Crippen LogP contribution in [0.5, 0.6) is 5.88 Å². The second-order valence-corrected chi connectivity index (χ2v) is 12.8. The Balaban J connectivity index is 1.56. The molecule has 5 nitrogen and oxygen atoms in total. The molecular formula is C38H42F3NO4S. The molecule has 1 N–H and O–H groups in total. The number of thioether (sulfide) groups is 1. The van der Waals surface area contributed by atoms with Crippen LogP contribution in [-0.4, -0.2) is 35.5 Å². The van der Waals surface area contributed by atoms with Gasteiger partial charge in [0, 0.05) is 10.3 Å². The van der Waals surface area contributed by atoms with Gasteiger partial charge >= 0.3 is 12.1 Å². The van der Waals surface area contributed by atoms with Crippen LogP contribution < -0.4 is 4.74 Å². The number of halogens is 3. The number of carbonyl (C=O) groups is 1. The second kappa shape index (κ2) is 17.4. The third kappa shape index (κ3) is 10.3. The van der Waals surface area contributed by atoms with Crippen LogP contribution in [0.1, 0.15) is 90.6 Å². The first-order valence-corrected chi connectivity index (χ1v) is 16.9. The third-order valence-corrected chi connectivity index (χ3v) is 9.23. The van der Waals surface area contributed by atoms with Gasteiger partial charge in [-0.3, -0.25) is 0 Å². The van der Waals surface area contributed by atoms with Crippen molar-refractivity contribution in [3.63, 3.8) is 0 Å². The van der Waals surface area contributed by atoms with Gasteiger partial charge in [-0.25, -0.2) is 9.78 Å². The number of nitrogens with zero attached hydrogens (tertiary/aromatic N) is 1. The summed E-state index contributed by atoms with van der Waals surface area (Å²) in [7, 11) is 2.69. The molecule has 0 unspecified atom stereocenters. The highest BCUT2D eigenvalue weighted by atomic mass is 32.2. The molecule has 0 radical (unpaired) electrons. The summed E-state index contributed by atoms with van der Waals surface area (Å²) in [4.78, 5) is 17.4. The van der Waals surface area contributed by atoms with Crippen LogP contribution in [0.25, 0.3) is 17.0 Å². The Labute approximate surface area is 279 Å². The van der Waals surface area contributed by atoms with E-state index in [1.807, 2.05) is 30.4 Å². The van der Waals surface area contributed by atoms with Crippen LogP contribution in [0, 0.1) is 0 Å². The zero-order valence-electron chi connectivity index (χ0n) is 27.1. The second-order valence-electron chi connectivity index (χ2n) is 11.5. The number of ether oxygens (including phenoxy) is 2. The summed E-state index contributed by atoms with van der Waals surface area (Å²) in [6.45, 7) is 2.22. The van der Waals surface area contributed by atoms with Gasteiger partial charge < -0.3 is 14.6 Å². The number of hydrogen-bond acceptors (Lipinski definition) is 6. The third-order valence-electron chi connectivity index (χ3n) is 8.02. The molecule has 0 amide bonds. The average Bonchev–Trinajstić information content (AvgIpc) is 3.08. The van der Waals surface area contributed by atoms with Gasteiger partial charge in [0.25, 0.3) is 0 Å². The lowest BCUT2D eigenvalue weighted by atomic mass is 10.0. The average molecular weight is 666 g/mol. The maximum absolute atomic E-state index is 13.5. The summed E-state index contributed by atoms with van der Waals surface area (Å²) in [6, 6.07) is 20.1. The Morgan fingerprint density at radius 3 is 2.34 bits per heavy atom. The molecule has 47 heavy (non-hydrogen) atoms. The lowest BCUT2D eigenvalue weighted by Gasteiger charge is -2.21. The number of unbranched alkanes of at least 4 members (excludes halogenated alkanes) is 6. The van der Waals surface area contributed by atoms with Crippen molar-refractivity contribution >= 4 is 34.7 Å². The van der Waals surface area contributed by atoms with Gasteiger partial charge in [0.05, 0.1) is 36.7 Å². The molecule has 0 spiro atoms. The van der Waals surface area contributed by atoms with Crippen molar-refractivity contribution in [1.82, 2.24) is 4.98 Å². The van der Waals surface area contributed by atoms with Gasteiger partial charge in [-0.2, -0.15) is 13.2 Å². The molecule has 2 atom stereocenters. The van der Waals surface area contributed by atoms with Gasteiger partial charge in [-0.15, -0.1) is 11.8 Å². The van der Waals surface area contributed by atoms with Crippen molar-refractivity contribution in [2.45, 2.75) is 80.7 Å². The van der Waals surface area contributed by atoms with Crippen molar-refractivity contribution < 1.29 is 32.5 Å². The highest BCUT2D eigenvalue weighted by molar-refractivity contribution is 8.00. The predicted octanol–water partition coefficient (Wildman–Crippen LogP) is 10.2. The van der Waals surface area contributed by atoms with Gasteiger partial charge in [0.1, 0.15) is 5.56 Å². The van der Waals surface area contributed by atoms with E-state index in [1.54, 1.807) is 18.2 Å². The van der Waals surface area contributed by atoms with Crippen molar-refractivity contribution in [2.75, 3.05) is 14.2 Å². The Morgan fingerprint density at radius 2 is 1.66 bits per heavy atom. The first-order valence-electron chi connectivity index (χ1n) is 16.0. The fraction of sp³-hybridized carbons (Fsp3) is 0.368. The fourth-order valence-corrected chi connectivity index (χ4v) is 6.44. The standard InChI is InChI=1S/C38H42F3NO4S/c1-4-5-6-7-8-9-10-12-26-15-17-27(18-16-26)19-22-34(35(43)29-13-11-14-30(23-29)38(39,40)41)47-31-21-20-28-24-32(37(44)46-3)36(45-2)42-33(28)25-31/h11,13-25,34-35,43H,4-10,12H2,1-3H3/t34-,35-/m0/s1. The smallest absolute Gasteiger partial charge is 0.416 e. The number of fused-ring (bicyclic) bond motifs is 1. The summed E-state index contributed by atoms with van der Waals surface area (Å²) >= 11 is 1.30. The Kier molecular flexibility index (Phi) is 13.3. The molecule has 4 aromatic rings. The molecular weight excluding hydrogens is 623 g/mol. The molecule has 0 saturated heterocycles. The lowest BCUT2D eigenvalue weighted by Crippen LogP contribution is -2.14. The molecule has 3 aromatic carbocycles. The molecule has 9 heteroatoms. The number of carbonyl (C=O) groups excluding carboxylic acids is 1. The van der Waals surface area contributed by atoms with E-state index in [2.05, 4.69) is 24.0 Å². The Morgan fingerprint density at radius 1 is 0.936 bits per heavy atom. The molecule has 0 aliphatic heterocycles. The summed E-state index contributed by atoms with van der Waals surface area (Å²) < 4.78 is 50.7. The van der Waals surface area contributed by atoms with Crippen LogP contribution in [0.15, 0.2) is 83.8 Å². The number of aliphatic hydroxyl groups is 1. The molecule has 0 aliphatic rings. The molecule has 0 bridgehead atoms. The monoisotopic (exact) mass is 665 g/mol. The van der Waals surface area contributed by atoms with E-state index in [0.29, 0.717) is 10.9 Å². The van der Waals surface area contributed by atoms with E-state index in [9.17, 15) is 23.1 Å². The Bertz CT molecular complexity index is 1640. The maximum Gasteiger partial charge on any atom is 0.416 e. The minimum Gasteiger partial charge on any atom is -0.480 e. The van der Waals surface area contributed by atoms with Crippen LogP contribution in [0.2, 0.25) is 0 Å². The van der Waals surface area contributed by atoms with Crippen molar-refractivity contribution in [1.29, 1.82) is 0 Å². The van der Waals surface area contributed by atoms with E-state index in [-0.39, 0.29) is 17.0 Å².